The summed E-state index contributed by atoms with van der Waals surface area (Å²) >= 11 is 7.00. The fraction of sp³-hybridized carbons (Fsp3) is 0.368. The summed E-state index contributed by atoms with van der Waals surface area (Å²) in [4.78, 5) is 35.0. The van der Waals surface area contributed by atoms with Crippen molar-refractivity contribution in [2.45, 2.75) is 98.3 Å². The Morgan fingerprint density at radius 2 is 0.940 bits per heavy atom. The first kappa shape index (κ1) is 50.7. The topological polar surface area (TPSA) is 96.8 Å². The number of aromatic nitrogens is 2. The molecular formula is C57H60Br2N2O6. The molecule has 0 radical (unpaired) electrons. The van der Waals surface area contributed by atoms with Gasteiger partial charge in [-0.25, -0.2) is 19.6 Å². The number of rotatable bonds is 22. The summed E-state index contributed by atoms with van der Waals surface area (Å²) in [5.41, 5.74) is 5.55. The van der Waals surface area contributed by atoms with Gasteiger partial charge in [0.05, 0.1) is 59.7 Å². The first-order chi connectivity index (χ1) is 32.7. The van der Waals surface area contributed by atoms with Gasteiger partial charge >= 0.3 is 11.9 Å². The van der Waals surface area contributed by atoms with E-state index in [9.17, 15) is 9.59 Å². The smallest absolute Gasteiger partial charge is 0.338 e. The van der Waals surface area contributed by atoms with E-state index in [2.05, 4.69) is 83.2 Å². The highest BCUT2D eigenvalue weighted by Gasteiger charge is 2.13. The van der Waals surface area contributed by atoms with E-state index in [1.165, 1.54) is 25.7 Å². The Labute approximate surface area is 413 Å². The lowest BCUT2D eigenvalue weighted by Crippen LogP contribution is -2.11. The molecule has 0 aliphatic rings. The summed E-state index contributed by atoms with van der Waals surface area (Å²) < 4.78 is 25.1. The Balaban J connectivity index is 0.938. The van der Waals surface area contributed by atoms with E-state index < -0.39 is 11.9 Å². The maximum atomic E-state index is 12.8. The van der Waals surface area contributed by atoms with Gasteiger partial charge in [0.15, 0.2) is 0 Å². The number of carbonyl (C=O) groups is 2. The van der Waals surface area contributed by atoms with Crippen LogP contribution >= 0.6 is 31.9 Å². The van der Waals surface area contributed by atoms with Crippen LogP contribution in [-0.4, -0.2) is 48.3 Å². The molecule has 0 fully saturated rings. The number of esters is 2. The van der Waals surface area contributed by atoms with Crippen LogP contribution < -0.4 is 9.47 Å². The molecule has 0 aliphatic heterocycles. The standard InChI is InChI=1S/C57H60Br2N2O6/c1-5-9-14-40(7-3)38-66-50-34-46(54-48(36-50)28-30-52(58)60-54)26-20-42-16-22-44(23-17-42)56(62)64-32-12-11-13-33-65-57(63)45-24-18-43(19-25-45)21-27-47-35-51(67-39-41(8-4)15-10-6-2)37-49-29-31-53(59)61-55(47)49/h16-19,22-25,28-31,34-37,40-41H,5-15,32-33,38-39H2,1-4H3. The largest absolute Gasteiger partial charge is 0.493 e. The van der Waals surface area contributed by atoms with Crippen molar-refractivity contribution in [1.82, 2.24) is 9.97 Å². The van der Waals surface area contributed by atoms with Gasteiger partial charge in [0.1, 0.15) is 20.7 Å². The molecule has 6 rings (SSSR count). The SMILES string of the molecule is CCCCC(CC)COc1cc(C#Cc2ccc(C(=O)OCCCCCOC(=O)c3ccc(C#Cc4cc(OCC(CC)CCCC)cc5ccc(Br)nc45)cc3)cc2)c2nc(Br)ccc2c1. The number of pyridine rings is 2. The molecule has 6 aromatic rings. The Morgan fingerprint density at radius 3 is 1.33 bits per heavy atom. The van der Waals surface area contributed by atoms with Gasteiger partial charge in [0.2, 0.25) is 0 Å². The number of benzene rings is 4. The summed E-state index contributed by atoms with van der Waals surface area (Å²) in [7, 11) is 0. The van der Waals surface area contributed by atoms with Crippen LogP contribution in [0.5, 0.6) is 11.5 Å². The van der Waals surface area contributed by atoms with Gasteiger partial charge < -0.3 is 18.9 Å². The molecule has 0 aliphatic carbocycles. The molecule has 4 aromatic carbocycles. The van der Waals surface area contributed by atoms with Crippen LogP contribution in [0.1, 0.15) is 141 Å². The minimum absolute atomic E-state index is 0.265. The monoisotopic (exact) mass is 1030 g/mol. The van der Waals surface area contributed by atoms with E-state index in [1.54, 1.807) is 24.3 Å². The third-order valence-corrected chi connectivity index (χ3v) is 12.6. The molecule has 2 unspecified atom stereocenters. The van der Waals surface area contributed by atoms with Gasteiger partial charge in [0, 0.05) is 21.9 Å². The van der Waals surface area contributed by atoms with E-state index in [0.717, 1.165) is 96.9 Å². The maximum Gasteiger partial charge on any atom is 0.338 e. The lowest BCUT2D eigenvalue weighted by atomic mass is 10.0. The van der Waals surface area contributed by atoms with Gasteiger partial charge in [-0.05, 0) is 173 Å². The molecule has 0 bridgehead atoms. The van der Waals surface area contributed by atoms with Crippen molar-refractivity contribution >= 4 is 65.6 Å². The summed E-state index contributed by atoms with van der Waals surface area (Å²) in [6, 6.07) is 30.0. The maximum absolute atomic E-state index is 12.8. The third kappa shape index (κ3) is 15.7. The number of nitrogens with zero attached hydrogens (tertiary/aromatic N) is 2. The molecule has 0 amide bonds. The second-order valence-corrected chi connectivity index (χ2v) is 18.4. The number of hydrogen-bond donors (Lipinski definition) is 0. The van der Waals surface area contributed by atoms with Crippen LogP contribution in [-0.2, 0) is 9.47 Å². The predicted octanol–water partition coefficient (Wildman–Crippen LogP) is 14.5. The molecule has 0 spiro atoms. The zero-order valence-electron chi connectivity index (χ0n) is 39.1. The number of halogens is 2. The van der Waals surface area contributed by atoms with Gasteiger partial charge in [-0.3, -0.25) is 0 Å². The van der Waals surface area contributed by atoms with Crippen LogP contribution in [0.4, 0.5) is 0 Å². The molecule has 8 nitrogen and oxygen atoms in total. The Bertz CT molecular complexity index is 2530. The fourth-order valence-electron chi connectivity index (χ4n) is 7.48. The first-order valence-electron chi connectivity index (χ1n) is 23.7. The van der Waals surface area contributed by atoms with Crippen molar-refractivity contribution in [3.05, 3.63) is 140 Å². The molecule has 348 valence electrons. The van der Waals surface area contributed by atoms with Crippen molar-refractivity contribution in [3.63, 3.8) is 0 Å². The Morgan fingerprint density at radius 1 is 0.522 bits per heavy atom. The lowest BCUT2D eigenvalue weighted by Gasteiger charge is -2.16. The summed E-state index contributed by atoms with van der Waals surface area (Å²) in [6.07, 6.45) is 11.3. The average Bonchev–Trinajstić information content (AvgIpc) is 3.35. The van der Waals surface area contributed by atoms with Crippen LogP contribution in [0.25, 0.3) is 21.8 Å². The minimum atomic E-state index is -0.396. The van der Waals surface area contributed by atoms with E-state index in [0.29, 0.717) is 49.0 Å². The van der Waals surface area contributed by atoms with Gasteiger partial charge in [-0.2, -0.15) is 0 Å². The normalized spacial score (nSPS) is 11.8. The summed E-state index contributed by atoms with van der Waals surface area (Å²) in [5.74, 6) is 14.8. The molecule has 2 atom stereocenters. The number of unbranched alkanes of at least 4 members (excludes halogenated alkanes) is 4. The Hall–Kier alpha value is -5.68. The average molecular weight is 1030 g/mol. The van der Waals surface area contributed by atoms with Crippen molar-refractivity contribution in [2.24, 2.45) is 11.8 Å². The highest BCUT2D eigenvalue weighted by atomic mass is 79.9. The van der Waals surface area contributed by atoms with E-state index in [-0.39, 0.29) is 13.2 Å². The zero-order valence-corrected chi connectivity index (χ0v) is 42.3. The quantitative estimate of drug-likeness (QED) is 0.0287. The fourth-order valence-corrected chi connectivity index (χ4v) is 8.10. The van der Waals surface area contributed by atoms with Crippen molar-refractivity contribution in [3.8, 4) is 35.2 Å². The van der Waals surface area contributed by atoms with Crippen LogP contribution in [0, 0.1) is 35.5 Å². The molecule has 0 saturated carbocycles. The number of fused-ring (bicyclic) bond motifs is 2. The number of hydrogen-bond acceptors (Lipinski definition) is 8. The lowest BCUT2D eigenvalue weighted by molar-refractivity contribution is 0.0478. The minimum Gasteiger partial charge on any atom is -0.493 e. The van der Waals surface area contributed by atoms with E-state index in [4.69, 9.17) is 28.9 Å². The molecule has 67 heavy (non-hydrogen) atoms. The highest BCUT2D eigenvalue weighted by Crippen LogP contribution is 2.29. The van der Waals surface area contributed by atoms with Crippen LogP contribution in [0.2, 0.25) is 0 Å². The molecule has 10 heteroatoms. The summed E-state index contributed by atoms with van der Waals surface area (Å²) in [6.45, 7) is 10.7. The van der Waals surface area contributed by atoms with E-state index in [1.807, 2.05) is 72.8 Å². The second kappa shape index (κ2) is 26.6. The molecule has 2 aromatic heterocycles. The van der Waals surface area contributed by atoms with E-state index >= 15 is 0 Å². The van der Waals surface area contributed by atoms with Crippen LogP contribution in [0.15, 0.2) is 106 Å². The molecule has 0 saturated heterocycles. The van der Waals surface area contributed by atoms with Crippen molar-refractivity contribution in [2.75, 3.05) is 26.4 Å². The van der Waals surface area contributed by atoms with Gasteiger partial charge in [-0.1, -0.05) is 89.9 Å². The highest BCUT2D eigenvalue weighted by molar-refractivity contribution is 9.10. The molecule has 0 N–H and O–H groups in total. The number of ether oxygens (including phenoxy) is 4. The molecular weight excluding hydrogens is 968 g/mol. The van der Waals surface area contributed by atoms with Gasteiger partial charge in [0.25, 0.3) is 0 Å². The van der Waals surface area contributed by atoms with Gasteiger partial charge in [-0.15, -0.1) is 0 Å². The Kier molecular flexibility index (Phi) is 20.1. The first-order valence-corrected chi connectivity index (χ1v) is 25.3. The third-order valence-electron chi connectivity index (χ3n) is 11.7. The van der Waals surface area contributed by atoms with Crippen molar-refractivity contribution < 1.29 is 28.5 Å². The number of carbonyl (C=O) groups excluding carboxylic acids is 2. The second-order valence-electron chi connectivity index (χ2n) is 16.8. The zero-order chi connectivity index (χ0) is 47.4. The predicted molar refractivity (Wildman–Crippen MR) is 276 cm³/mol. The van der Waals surface area contributed by atoms with Crippen LogP contribution in [0.3, 0.4) is 0 Å². The summed E-state index contributed by atoms with van der Waals surface area (Å²) in [5, 5.41) is 1.91. The molecule has 2 heterocycles. The van der Waals surface area contributed by atoms with Crippen molar-refractivity contribution in [1.29, 1.82) is 0 Å².